The number of rotatable bonds is 3. The number of carbonyl (C=O) groups is 2. The first-order valence-corrected chi connectivity index (χ1v) is 7.50. The molecule has 1 atom stereocenters. The second-order valence-electron chi connectivity index (χ2n) is 6.89. The van der Waals surface area contributed by atoms with Crippen molar-refractivity contribution >= 4 is 11.8 Å². The molecule has 2 aliphatic rings. The molecule has 2 saturated heterocycles. The lowest BCUT2D eigenvalue weighted by atomic mass is 9.80. The summed E-state index contributed by atoms with van der Waals surface area (Å²) in [7, 11) is 0. The van der Waals surface area contributed by atoms with Crippen LogP contribution in [0.3, 0.4) is 0 Å². The van der Waals surface area contributed by atoms with Gasteiger partial charge in [-0.3, -0.25) is 9.59 Å². The van der Waals surface area contributed by atoms with Gasteiger partial charge in [0.2, 0.25) is 11.8 Å². The van der Waals surface area contributed by atoms with Crippen LogP contribution in [0.25, 0.3) is 0 Å². The topological polar surface area (TPSA) is 58.6 Å². The smallest absolute Gasteiger partial charge is 0.248 e. The van der Waals surface area contributed by atoms with Crippen molar-refractivity contribution in [1.29, 1.82) is 0 Å². The Morgan fingerprint density at radius 1 is 1.25 bits per heavy atom. The van der Waals surface area contributed by atoms with Crippen molar-refractivity contribution in [1.82, 2.24) is 10.2 Å². The number of carbonyl (C=O) groups excluding carboxylic acids is 2. The lowest BCUT2D eigenvalue weighted by Gasteiger charge is -2.47. The van der Waals surface area contributed by atoms with Crippen molar-refractivity contribution in [3.8, 4) is 0 Å². The zero-order chi connectivity index (χ0) is 15.0. The van der Waals surface area contributed by atoms with Crippen molar-refractivity contribution < 1.29 is 14.3 Å². The third kappa shape index (κ3) is 2.82. The number of amides is 2. The van der Waals surface area contributed by atoms with Crippen LogP contribution in [-0.2, 0) is 14.3 Å². The summed E-state index contributed by atoms with van der Waals surface area (Å²) >= 11 is 0. The van der Waals surface area contributed by atoms with Gasteiger partial charge in [0.25, 0.3) is 0 Å². The Labute approximate surface area is 121 Å². The SMILES string of the molecule is CCC1C(=O)NC(C)(C)C(=O)N1CC1(C)CCOCC1. The van der Waals surface area contributed by atoms with E-state index in [4.69, 9.17) is 4.74 Å². The number of ether oxygens (including phenoxy) is 1. The average molecular weight is 282 g/mol. The fourth-order valence-corrected chi connectivity index (χ4v) is 3.11. The van der Waals surface area contributed by atoms with Crippen LogP contribution in [0.15, 0.2) is 0 Å². The van der Waals surface area contributed by atoms with E-state index in [-0.39, 0.29) is 23.3 Å². The van der Waals surface area contributed by atoms with Crippen molar-refractivity contribution in [2.75, 3.05) is 19.8 Å². The molecule has 0 spiro atoms. The predicted molar refractivity (Wildman–Crippen MR) is 76.2 cm³/mol. The Hall–Kier alpha value is -1.10. The monoisotopic (exact) mass is 282 g/mol. The highest BCUT2D eigenvalue weighted by Crippen LogP contribution is 2.33. The summed E-state index contributed by atoms with van der Waals surface area (Å²) in [6.45, 7) is 9.82. The first-order valence-electron chi connectivity index (χ1n) is 7.50. The molecule has 0 aromatic rings. The van der Waals surface area contributed by atoms with Crippen molar-refractivity contribution in [3.05, 3.63) is 0 Å². The van der Waals surface area contributed by atoms with Crippen LogP contribution in [0, 0.1) is 5.41 Å². The second-order valence-corrected chi connectivity index (χ2v) is 6.89. The zero-order valence-corrected chi connectivity index (χ0v) is 13.0. The summed E-state index contributed by atoms with van der Waals surface area (Å²) in [4.78, 5) is 26.7. The van der Waals surface area contributed by atoms with E-state index in [0.717, 1.165) is 26.1 Å². The highest BCUT2D eigenvalue weighted by atomic mass is 16.5. The minimum absolute atomic E-state index is 0.0247. The second kappa shape index (κ2) is 5.35. The van der Waals surface area contributed by atoms with Gasteiger partial charge in [0.05, 0.1) is 0 Å². The highest BCUT2D eigenvalue weighted by molar-refractivity contribution is 5.99. The molecule has 1 N–H and O–H groups in total. The Bertz CT molecular complexity index is 400. The molecule has 0 aromatic heterocycles. The highest BCUT2D eigenvalue weighted by Gasteiger charge is 2.46. The summed E-state index contributed by atoms with van der Waals surface area (Å²) in [5, 5.41) is 2.83. The number of nitrogens with zero attached hydrogens (tertiary/aromatic N) is 1. The van der Waals surface area contributed by atoms with Crippen molar-refractivity contribution in [3.63, 3.8) is 0 Å². The van der Waals surface area contributed by atoms with Gasteiger partial charge in [-0.2, -0.15) is 0 Å². The summed E-state index contributed by atoms with van der Waals surface area (Å²) in [5.74, 6) is -0.00979. The number of hydrogen-bond acceptors (Lipinski definition) is 3. The molecular weight excluding hydrogens is 256 g/mol. The van der Waals surface area contributed by atoms with E-state index < -0.39 is 5.54 Å². The molecule has 114 valence electrons. The van der Waals surface area contributed by atoms with Crippen LogP contribution in [0.4, 0.5) is 0 Å². The molecule has 2 amide bonds. The van der Waals surface area contributed by atoms with E-state index >= 15 is 0 Å². The summed E-state index contributed by atoms with van der Waals surface area (Å²) in [6, 6.07) is -0.338. The van der Waals surface area contributed by atoms with E-state index in [1.807, 2.05) is 6.92 Å². The molecule has 0 aliphatic carbocycles. The molecular formula is C15H26N2O3. The summed E-state index contributed by atoms with van der Waals surface area (Å²) in [5.41, 5.74) is -0.751. The molecule has 2 aliphatic heterocycles. The van der Waals surface area contributed by atoms with E-state index in [1.165, 1.54) is 0 Å². The van der Waals surface area contributed by atoms with Crippen LogP contribution < -0.4 is 5.32 Å². The van der Waals surface area contributed by atoms with Crippen LogP contribution in [0.1, 0.15) is 47.0 Å². The summed E-state index contributed by atoms with van der Waals surface area (Å²) in [6.07, 6.45) is 2.53. The molecule has 2 rings (SSSR count). The van der Waals surface area contributed by atoms with Gasteiger partial charge < -0.3 is 15.0 Å². The molecule has 5 nitrogen and oxygen atoms in total. The molecule has 0 bridgehead atoms. The van der Waals surface area contributed by atoms with Gasteiger partial charge >= 0.3 is 0 Å². The largest absolute Gasteiger partial charge is 0.381 e. The molecule has 5 heteroatoms. The van der Waals surface area contributed by atoms with Gasteiger partial charge in [0.1, 0.15) is 11.6 Å². The van der Waals surface area contributed by atoms with Crippen LogP contribution in [0.5, 0.6) is 0 Å². The Morgan fingerprint density at radius 2 is 1.85 bits per heavy atom. The Kier molecular flexibility index (Phi) is 4.09. The molecule has 0 saturated carbocycles. The minimum atomic E-state index is -0.801. The minimum Gasteiger partial charge on any atom is -0.381 e. The van der Waals surface area contributed by atoms with E-state index in [2.05, 4.69) is 12.2 Å². The predicted octanol–water partition coefficient (Wildman–Crippen LogP) is 1.32. The molecule has 0 radical (unpaired) electrons. The van der Waals surface area contributed by atoms with Crippen molar-refractivity contribution in [2.24, 2.45) is 5.41 Å². The van der Waals surface area contributed by atoms with E-state index in [0.29, 0.717) is 13.0 Å². The van der Waals surface area contributed by atoms with Gasteiger partial charge in [-0.05, 0) is 38.5 Å². The Morgan fingerprint density at radius 3 is 2.40 bits per heavy atom. The first-order chi connectivity index (χ1) is 9.29. The number of hydrogen-bond donors (Lipinski definition) is 1. The van der Waals surface area contributed by atoms with Crippen LogP contribution in [0.2, 0.25) is 0 Å². The molecule has 1 unspecified atom stereocenters. The standard InChI is InChI=1S/C15H26N2O3/c1-5-11-12(18)16-14(2,3)13(19)17(11)10-15(4)6-8-20-9-7-15/h11H,5-10H2,1-4H3,(H,16,18). The van der Waals surface area contributed by atoms with E-state index in [1.54, 1.807) is 18.7 Å². The number of nitrogens with one attached hydrogen (secondary N) is 1. The maximum Gasteiger partial charge on any atom is 0.248 e. The normalized spacial score (nSPS) is 29.2. The molecule has 2 heterocycles. The van der Waals surface area contributed by atoms with Crippen LogP contribution >= 0.6 is 0 Å². The molecule has 20 heavy (non-hydrogen) atoms. The lowest BCUT2D eigenvalue weighted by Crippen LogP contribution is -2.69. The van der Waals surface area contributed by atoms with Gasteiger partial charge in [-0.1, -0.05) is 13.8 Å². The van der Waals surface area contributed by atoms with Gasteiger partial charge in [0.15, 0.2) is 0 Å². The quantitative estimate of drug-likeness (QED) is 0.849. The van der Waals surface area contributed by atoms with Gasteiger partial charge in [0, 0.05) is 19.8 Å². The van der Waals surface area contributed by atoms with Gasteiger partial charge in [-0.25, -0.2) is 0 Å². The number of piperazine rings is 1. The van der Waals surface area contributed by atoms with Crippen molar-refractivity contribution in [2.45, 2.75) is 58.5 Å². The average Bonchev–Trinajstić information content (AvgIpc) is 2.36. The maximum absolute atomic E-state index is 12.7. The van der Waals surface area contributed by atoms with E-state index in [9.17, 15) is 9.59 Å². The molecule has 2 fully saturated rings. The fourth-order valence-electron chi connectivity index (χ4n) is 3.11. The summed E-state index contributed by atoms with van der Waals surface area (Å²) < 4.78 is 5.41. The van der Waals surface area contributed by atoms with Crippen LogP contribution in [-0.4, -0.2) is 48.1 Å². The maximum atomic E-state index is 12.7. The third-order valence-electron chi connectivity index (χ3n) is 4.55. The molecule has 0 aromatic carbocycles. The zero-order valence-electron chi connectivity index (χ0n) is 13.0. The first kappa shape index (κ1) is 15.3. The third-order valence-corrected chi connectivity index (χ3v) is 4.55. The lowest BCUT2D eigenvalue weighted by molar-refractivity contribution is -0.156. The van der Waals surface area contributed by atoms with Gasteiger partial charge in [-0.15, -0.1) is 0 Å². The Balaban J connectivity index is 2.20. The fraction of sp³-hybridized carbons (Fsp3) is 0.867.